The zero-order chi connectivity index (χ0) is 24.8. The summed E-state index contributed by atoms with van der Waals surface area (Å²) in [7, 11) is 0. The van der Waals surface area contributed by atoms with Gasteiger partial charge in [0, 0.05) is 34.7 Å². The lowest BCUT2D eigenvalue weighted by molar-refractivity contribution is -0.139. The lowest BCUT2D eigenvalue weighted by atomic mass is 9.96. The van der Waals surface area contributed by atoms with E-state index in [1.54, 1.807) is 22.3 Å². The average Bonchev–Trinajstić information content (AvgIpc) is 3.49. The van der Waals surface area contributed by atoms with Crippen molar-refractivity contribution in [2.45, 2.75) is 45.6 Å². The summed E-state index contributed by atoms with van der Waals surface area (Å²) < 4.78 is 11.1. The number of furan rings is 1. The first kappa shape index (κ1) is 25.1. The van der Waals surface area contributed by atoms with Crippen molar-refractivity contribution in [3.8, 4) is 0 Å². The molecule has 3 heterocycles. The summed E-state index contributed by atoms with van der Waals surface area (Å²) in [5.41, 5.74) is 0.638. The second-order valence-corrected chi connectivity index (χ2v) is 10.3. The van der Waals surface area contributed by atoms with Crippen LogP contribution in [0.15, 0.2) is 46.9 Å². The molecule has 1 saturated heterocycles. The maximum absolute atomic E-state index is 13.5. The molecule has 0 spiro atoms. The number of carbonyl (C=O) groups excluding carboxylic acids is 3. The highest BCUT2D eigenvalue weighted by molar-refractivity contribution is 7.11. The van der Waals surface area contributed by atoms with Crippen molar-refractivity contribution >= 4 is 39.9 Å². The molecule has 0 radical (unpaired) electrons. The summed E-state index contributed by atoms with van der Waals surface area (Å²) in [5.74, 6) is -0.912. The topological polar surface area (TPSA) is 88.9 Å². The van der Waals surface area contributed by atoms with Gasteiger partial charge in [0.15, 0.2) is 5.76 Å². The fourth-order valence-electron chi connectivity index (χ4n) is 4.37. The van der Waals surface area contributed by atoms with Gasteiger partial charge >= 0.3 is 0 Å². The number of nitrogens with zero attached hydrogens (tertiary/aromatic N) is 1. The minimum atomic E-state index is -0.709. The van der Waals surface area contributed by atoms with E-state index in [1.807, 2.05) is 50.2 Å². The Labute approximate surface area is 209 Å². The molecule has 1 aliphatic rings. The summed E-state index contributed by atoms with van der Waals surface area (Å²) >= 11 is 1.62. The van der Waals surface area contributed by atoms with E-state index in [0.717, 1.165) is 21.6 Å². The molecule has 8 heteroatoms. The first-order valence-corrected chi connectivity index (χ1v) is 13.0. The number of morpholine rings is 1. The van der Waals surface area contributed by atoms with Crippen molar-refractivity contribution in [3.05, 3.63) is 58.0 Å². The number of Topliss-reactive ketones (excluding diaryl/α,β-unsaturated/α-hetero) is 1. The Morgan fingerprint density at radius 1 is 1.11 bits per heavy atom. The molecule has 0 unspecified atom stereocenters. The van der Waals surface area contributed by atoms with Crippen LogP contribution in [0.1, 0.15) is 46.5 Å². The van der Waals surface area contributed by atoms with Gasteiger partial charge in [-0.2, -0.15) is 0 Å². The van der Waals surface area contributed by atoms with Crippen molar-refractivity contribution < 1.29 is 23.5 Å². The Morgan fingerprint density at radius 2 is 1.89 bits per heavy atom. The molecule has 7 nitrogen and oxygen atoms in total. The maximum Gasteiger partial charge on any atom is 0.224 e. The standard InChI is InChI=1S/C27H32N2O5S/c1-3-6-22(26(31)24-16-19-7-4-5-8-23(19)34-24)28-27(32)20(15-21-10-9-18(2)35-21)17-25(30)29-11-13-33-14-12-29/h4-5,7-10,16,20,22H,3,6,11-15,17H2,1-2H3,(H,28,32)/t20-,22+/m1/s1. The van der Waals surface area contributed by atoms with Gasteiger partial charge < -0.3 is 19.4 Å². The van der Waals surface area contributed by atoms with Gasteiger partial charge in [0.1, 0.15) is 5.58 Å². The summed E-state index contributed by atoms with van der Waals surface area (Å²) in [6.45, 7) is 6.08. The number of ketones is 1. The monoisotopic (exact) mass is 496 g/mol. The molecular formula is C27H32N2O5S. The number of carbonyl (C=O) groups is 3. The highest BCUT2D eigenvalue weighted by atomic mass is 32.1. The Balaban J connectivity index is 1.50. The van der Waals surface area contributed by atoms with Gasteiger partial charge in [0.05, 0.1) is 25.2 Å². The fraction of sp³-hybridized carbons (Fsp3) is 0.444. The number of thiophene rings is 1. The molecule has 0 bridgehead atoms. The van der Waals surface area contributed by atoms with E-state index in [2.05, 4.69) is 5.32 Å². The summed E-state index contributed by atoms with van der Waals surface area (Å²) in [6.07, 6.45) is 1.76. The largest absolute Gasteiger partial charge is 0.453 e. The lowest BCUT2D eigenvalue weighted by Crippen LogP contribution is -2.46. The van der Waals surface area contributed by atoms with Gasteiger partial charge in [-0.1, -0.05) is 31.5 Å². The zero-order valence-electron chi connectivity index (χ0n) is 20.2. The van der Waals surface area contributed by atoms with Crippen molar-refractivity contribution in [2.75, 3.05) is 26.3 Å². The fourth-order valence-corrected chi connectivity index (χ4v) is 5.34. The van der Waals surface area contributed by atoms with E-state index in [1.165, 1.54) is 0 Å². The van der Waals surface area contributed by atoms with Crippen LogP contribution in [-0.2, 0) is 20.7 Å². The highest BCUT2D eigenvalue weighted by Gasteiger charge is 2.31. The Morgan fingerprint density at radius 3 is 2.57 bits per heavy atom. The van der Waals surface area contributed by atoms with Crippen LogP contribution in [0.5, 0.6) is 0 Å². The molecule has 0 saturated carbocycles. The molecular weight excluding hydrogens is 464 g/mol. The molecule has 1 aliphatic heterocycles. The number of para-hydroxylation sites is 1. The van der Waals surface area contributed by atoms with Crippen LogP contribution in [0, 0.1) is 12.8 Å². The quantitative estimate of drug-likeness (QED) is 0.421. The third-order valence-corrected chi connectivity index (χ3v) is 7.30. The van der Waals surface area contributed by atoms with Crippen LogP contribution >= 0.6 is 11.3 Å². The first-order valence-electron chi connectivity index (χ1n) is 12.2. The molecule has 2 amide bonds. The smallest absolute Gasteiger partial charge is 0.224 e. The maximum atomic E-state index is 13.5. The van der Waals surface area contributed by atoms with E-state index in [-0.39, 0.29) is 29.8 Å². The van der Waals surface area contributed by atoms with Gasteiger partial charge in [-0.25, -0.2) is 0 Å². The van der Waals surface area contributed by atoms with Crippen LogP contribution in [0.25, 0.3) is 11.0 Å². The van der Waals surface area contributed by atoms with Crippen LogP contribution in [0.2, 0.25) is 0 Å². The number of aryl methyl sites for hydroxylation is 1. The number of rotatable bonds is 10. The second-order valence-electron chi connectivity index (χ2n) is 8.97. The van der Waals surface area contributed by atoms with E-state index in [4.69, 9.17) is 9.15 Å². The van der Waals surface area contributed by atoms with Crippen molar-refractivity contribution in [1.29, 1.82) is 0 Å². The zero-order valence-corrected chi connectivity index (χ0v) is 21.1. The molecule has 35 heavy (non-hydrogen) atoms. The van der Waals surface area contributed by atoms with Gasteiger partial charge in [0.25, 0.3) is 0 Å². The molecule has 0 aliphatic carbocycles. The van der Waals surface area contributed by atoms with Crippen LogP contribution in [-0.4, -0.2) is 54.8 Å². The third kappa shape index (κ3) is 6.38. The van der Waals surface area contributed by atoms with E-state index >= 15 is 0 Å². The van der Waals surface area contributed by atoms with Gasteiger partial charge in [-0.3, -0.25) is 14.4 Å². The summed E-state index contributed by atoms with van der Waals surface area (Å²) in [4.78, 5) is 43.7. The highest BCUT2D eigenvalue weighted by Crippen LogP contribution is 2.24. The lowest BCUT2D eigenvalue weighted by Gasteiger charge is -2.28. The molecule has 1 fully saturated rings. The summed E-state index contributed by atoms with van der Waals surface area (Å²) in [6, 6.07) is 12.5. The van der Waals surface area contributed by atoms with E-state index in [9.17, 15) is 14.4 Å². The second kappa shape index (κ2) is 11.6. The Kier molecular flexibility index (Phi) is 8.36. The predicted octanol–water partition coefficient (Wildman–Crippen LogP) is 4.38. The minimum absolute atomic E-state index is 0.0580. The first-order chi connectivity index (χ1) is 16.9. The van der Waals surface area contributed by atoms with Crippen molar-refractivity contribution in [2.24, 2.45) is 5.92 Å². The molecule has 4 rings (SSSR count). The number of fused-ring (bicyclic) bond motifs is 1. The van der Waals surface area contributed by atoms with Crippen molar-refractivity contribution in [3.63, 3.8) is 0 Å². The summed E-state index contributed by atoms with van der Waals surface area (Å²) in [5, 5.41) is 3.80. The van der Waals surface area contributed by atoms with Gasteiger partial charge in [-0.05, 0) is 44.0 Å². The number of hydrogen-bond acceptors (Lipinski definition) is 6. The molecule has 186 valence electrons. The Hall–Kier alpha value is -2.97. The van der Waals surface area contributed by atoms with E-state index < -0.39 is 12.0 Å². The van der Waals surface area contributed by atoms with Crippen LogP contribution < -0.4 is 5.32 Å². The van der Waals surface area contributed by atoms with Crippen LogP contribution in [0.4, 0.5) is 0 Å². The predicted molar refractivity (Wildman–Crippen MR) is 136 cm³/mol. The number of benzene rings is 1. The van der Waals surface area contributed by atoms with Crippen molar-refractivity contribution in [1.82, 2.24) is 10.2 Å². The SMILES string of the molecule is CCC[C@H](NC(=O)[C@@H](CC(=O)N1CCOCC1)Cc1ccc(C)s1)C(=O)c1cc2ccccc2o1. The molecule has 2 aromatic heterocycles. The third-order valence-electron chi connectivity index (χ3n) is 6.28. The molecule has 1 N–H and O–H groups in total. The average molecular weight is 497 g/mol. The number of hydrogen-bond donors (Lipinski definition) is 1. The minimum Gasteiger partial charge on any atom is -0.453 e. The van der Waals surface area contributed by atoms with Gasteiger partial charge in [0.2, 0.25) is 17.6 Å². The van der Waals surface area contributed by atoms with Gasteiger partial charge in [-0.15, -0.1) is 11.3 Å². The number of amides is 2. The molecule has 2 atom stereocenters. The molecule has 3 aromatic rings. The van der Waals surface area contributed by atoms with E-state index in [0.29, 0.717) is 44.7 Å². The number of nitrogens with one attached hydrogen (secondary N) is 1. The van der Waals surface area contributed by atoms with Crippen LogP contribution in [0.3, 0.4) is 0 Å². The molecule has 1 aromatic carbocycles. The number of ether oxygens (including phenoxy) is 1. The normalized spacial score (nSPS) is 15.7. The Bertz CT molecular complexity index is 1140.